The van der Waals surface area contributed by atoms with Gasteiger partial charge in [-0.05, 0) is 53.8 Å². The number of ether oxygens (including phenoxy) is 1. The van der Waals surface area contributed by atoms with Crippen LogP contribution in [0.3, 0.4) is 0 Å². The molecule has 0 fully saturated rings. The van der Waals surface area contributed by atoms with E-state index in [2.05, 4.69) is 6.07 Å². The maximum atomic E-state index is 10.8. The smallest absolute Gasteiger partial charge is 0.307 e. The number of hydrogen-bond acceptors (Lipinski definition) is 2. The highest BCUT2D eigenvalue weighted by molar-refractivity contribution is 5.73. The maximum Gasteiger partial charge on any atom is 0.307 e. The van der Waals surface area contributed by atoms with Crippen molar-refractivity contribution >= 4 is 5.97 Å². The van der Waals surface area contributed by atoms with Gasteiger partial charge in [-0.2, -0.15) is 0 Å². The lowest BCUT2D eigenvalue weighted by Crippen LogP contribution is -2.00. The van der Waals surface area contributed by atoms with Gasteiger partial charge in [0.1, 0.15) is 5.75 Å². The predicted molar refractivity (Wildman–Crippen MR) is 79.2 cm³/mol. The molecule has 1 N–H and O–H groups in total. The van der Waals surface area contributed by atoms with Gasteiger partial charge in [-0.15, -0.1) is 0 Å². The number of aryl methyl sites for hydroxylation is 2. The topological polar surface area (TPSA) is 46.5 Å². The fourth-order valence-electron chi connectivity index (χ4n) is 2.34. The molecule has 0 bridgehead atoms. The van der Waals surface area contributed by atoms with Gasteiger partial charge in [0.2, 0.25) is 0 Å². The zero-order chi connectivity index (χ0) is 14.7. The molecular formula is C17H18O3. The summed E-state index contributed by atoms with van der Waals surface area (Å²) in [6, 6.07) is 11.8. The monoisotopic (exact) mass is 270 g/mol. The minimum absolute atomic E-state index is 0.0437. The Morgan fingerprint density at radius 1 is 1.15 bits per heavy atom. The number of carbonyl (C=O) groups is 1. The largest absolute Gasteiger partial charge is 0.496 e. The normalized spacial score (nSPS) is 10.3. The zero-order valence-electron chi connectivity index (χ0n) is 11.9. The average Bonchev–Trinajstić information content (AvgIpc) is 2.40. The molecule has 20 heavy (non-hydrogen) atoms. The van der Waals surface area contributed by atoms with E-state index in [-0.39, 0.29) is 6.42 Å². The van der Waals surface area contributed by atoms with Crippen molar-refractivity contribution in [1.29, 1.82) is 0 Å². The van der Waals surface area contributed by atoms with Crippen molar-refractivity contribution in [3.05, 3.63) is 53.1 Å². The van der Waals surface area contributed by atoms with Crippen LogP contribution in [0.4, 0.5) is 0 Å². The molecule has 104 valence electrons. The van der Waals surface area contributed by atoms with Crippen molar-refractivity contribution in [3.8, 4) is 16.9 Å². The van der Waals surface area contributed by atoms with Crippen molar-refractivity contribution in [3.63, 3.8) is 0 Å². The lowest BCUT2D eigenvalue weighted by atomic mass is 9.96. The quantitative estimate of drug-likeness (QED) is 0.923. The zero-order valence-corrected chi connectivity index (χ0v) is 11.9. The molecule has 0 saturated carbocycles. The molecule has 0 heterocycles. The molecule has 0 radical (unpaired) electrons. The van der Waals surface area contributed by atoms with Crippen molar-refractivity contribution in [2.24, 2.45) is 0 Å². The molecule has 0 aliphatic rings. The molecule has 0 spiro atoms. The first-order chi connectivity index (χ1) is 9.51. The van der Waals surface area contributed by atoms with Crippen LogP contribution in [0.1, 0.15) is 16.7 Å². The SMILES string of the molecule is COc1cc(C)c(-c2cccc(CC(=O)O)c2)cc1C. The Morgan fingerprint density at radius 3 is 2.55 bits per heavy atom. The van der Waals surface area contributed by atoms with Gasteiger partial charge in [0.25, 0.3) is 0 Å². The van der Waals surface area contributed by atoms with Crippen LogP contribution in [-0.4, -0.2) is 18.2 Å². The highest BCUT2D eigenvalue weighted by Gasteiger charge is 2.08. The van der Waals surface area contributed by atoms with Gasteiger partial charge in [0.15, 0.2) is 0 Å². The Kier molecular flexibility index (Phi) is 4.08. The third-order valence-electron chi connectivity index (χ3n) is 3.34. The summed E-state index contributed by atoms with van der Waals surface area (Å²) in [5, 5.41) is 8.88. The highest BCUT2D eigenvalue weighted by atomic mass is 16.5. The molecule has 2 rings (SSSR count). The standard InChI is InChI=1S/C17H18O3/c1-11-8-16(20-3)12(2)7-15(11)14-6-4-5-13(9-14)10-17(18)19/h4-9H,10H2,1-3H3,(H,18,19). The molecule has 2 aromatic rings. The van der Waals surface area contributed by atoms with Crippen LogP contribution >= 0.6 is 0 Å². The Bertz CT molecular complexity index is 645. The van der Waals surface area contributed by atoms with Crippen LogP contribution < -0.4 is 4.74 Å². The van der Waals surface area contributed by atoms with Crippen LogP contribution in [0, 0.1) is 13.8 Å². The maximum absolute atomic E-state index is 10.8. The van der Waals surface area contributed by atoms with Gasteiger partial charge in [-0.3, -0.25) is 4.79 Å². The van der Waals surface area contributed by atoms with E-state index in [1.165, 1.54) is 0 Å². The first-order valence-electron chi connectivity index (χ1n) is 6.47. The molecule has 0 atom stereocenters. The fourth-order valence-corrected chi connectivity index (χ4v) is 2.34. The van der Waals surface area contributed by atoms with Crippen LogP contribution in [-0.2, 0) is 11.2 Å². The van der Waals surface area contributed by atoms with E-state index in [4.69, 9.17) is 9.84 Å². The van der Waals surface area contributed by atoms with Gasteiger partial charge >= 0.3 is 5.97 Å². The number of methoxy groups -OCH3 is 1. The second-order valence-corrected chi connectivity index (χ2v) is 4.91. The third kappa shape index (κ3) is 2.99. The fraction of sp³-hybridized carbons (Fsp3) is 0.235. The van der Waals surface area contributed by atoms with Crippen LogP contribution in [0.5, 0.6) is 5.75 Å². The molecule has 3 nitrogen and oxygen atoms in total. The third-order valence-corrected chi connectivity index (χ3v) is 3.34. The number of carboxylic acids is 1. The van der Waals surface area contributed by atoms with E-state index < -0.39 is 5.97 Å². The molecule has 2 aromatic carbocycles. The summed E-state index contributed by atoms with van der Waals surface area (Å²) < 4.78 is 5.32. The van der Waals surface area contributed by atoms with Gasteiger partial charge in [0.05, 0.1) is 13.5 Å². The van der Waals surface area contributed by atoms with E-state index in [1.54, 1.807) is 7.11 Å². The summed E-state index contributed by atoms with van der Waals surface area (Å²) in [5.41, 5.74) is 5.13. The number of carboxylic acid groups (broad SMARTS) is 1. The van der Waals surface area contributed by atoms with E-state index >= 15 is 0 Å². The second kappa shape index (κ2) is 5.78. The van der Waals surface area contributed by atoms with Crippen molar-refractivity contribution in [1.82, 2.24) is 0 Å². The first kappa shape index (κ1) is 14.1. The van der Waals surface area contributed by atoms with E-state index in [1.807, 2.05) is 44.2 Å². The summed E-state index contributed by atoms with van der Waals surface area (Å²) >= 11 is 0. The Morgan fingerprint density at radius 2 is 1.90 bits per heavy atom. The van der Waals surface area contributed by atoms with Gasteiger partial charge in [0, 0.05) is 0 Å². The summed E-state index contributed by atoms with van der Waals surface area (Å²) in [6.07, 6.45) is 0.0437. The molecule has 0 saturated heterocycles. The molecule has 0 aromatic heterocycles. The average molecular weight is 270 g/mol. The number of benzene rings is 2. The lowest BCUT2D eigenvalue weighted by molar-refractivity contribution is -0.136. The lowest BCUT2D eigenvalue weighted by Gasteiger charge is -2.12. The van der Waals surface area contributed by atoms with E-state index in [0.717, 1.165) is 33.6 Å². The number of aliphatic carboxylic acids is 1. The highest BCUT2D eigenvalue weighted by Crippen LogP contribution is 2.30. The van der Waals surface area contributed by atoms with Gasteiger partial charge in [-0.1, -0.05) is 24.3 Å². The minimum atomic E-state index is -0.815. The van der Waals surface area contributed by atoms with Crippen LogP contribution in [0.2, 0.25) is 0 Å². The molecule has 0 amide bonds. The Hall–Kier alpha value is -2.29. The number of hydrogen-bond donors (Lipinski definition) is 1. The molecule has 3 heteroatoms. The second-order valence-electron chi connectivity index (χ2n) is 4.91. The van der Waals surface area contributed by atoms with Gasteiger partial charge < -0.3 is 9.84 Å². The van der Waals surface area contributed by atoms with Gasteiger partial charge in [-0.25, -0.2) is 0 Å². The summed E-state index contributed by atoms with van der Waals surface area (Å²) in [5.74, 6) is 0.0534. The molecular weight excluding hydrogens is 252 g/mol. The minimum Gasteiger partial charge on any atom is -0.496 e. The Labute approximate surface area is 118 Å². The van der Waals surface area contributed by atoms with Crippen molar-refractivity contribution in [2.75, 3.05) is 7.11 Å². The van der Waals surface area contributed by atoms with Crippen molar-refractivity contribution in [2.45, 2.75) is 20.3 Å². The first-order valence-corrected chi connectivity index (χ1v) is 6.47. The molecule has 0 aliphatic carbocycles. The van der Waals surface area contributed by atoms with Crippen LogP contribution in [0.25, 0.3) is 11.1 Å². The summed E-state index contributed by atoms with van der Waals surface area (Å²) in [4.78, 5) is 10.8. The van der Waals surface area contributed by atoms with E-state index in [0.29, 0.717) is 0 Å². The van der Waals surface area contributed by atoms with Crippen LogP contribution in [0.15, 0.2) is 36.4 Å². The summed E-state index contributed by atoms with van der Waals surface area (Å²) in [7, 11) is 1.66. The molecule has 0 unspecified atom stereocenters. The molecule has 0 aliphatic heterocycles. The van der Waals surface area contributed by atoms with E-state index in [9.17, 15) is 4.79 Å². The summed E-state index contributed by atoms with van der Waals surface area (Å²) in [6.45, 7) is 4.03. The predicted octanol–water partition coefficient (Wildman–Crippen LogP) is 3.61. The Balaban J connectivity index is 2.46. The van der Waals surface area contributed by atoms with Crippen molar-refractivity contribution < 1.29 is 14.6 Å². The number of rotatable bonds is 4.